The number of hydrogen-bond donors (Lipinski definition) is 1. The second kappa shape index (κ2) is 6.77. The number of fused-ring (bicyclic) bond motifs is 3. The van der Waals surface area contributed by atoms with Crippen LogP contribution in [0.5, 0.6) is 0 Å². The van der Waals surface area contributed by atoms with Gasteiger partial charge in [0.1, 0.15) is 0 Å². The van der Waals surface area contributed by atoms with Gasteiger partial charge in [-0.05, 0) is 37.1 Å². The predicted octanol–water partition coefficient (Wildman–Crippen LogP) is 2.63. The molecule has 0 spiro atoms. The van der Waals surface area contributed by atoms with Crippen LogP contribution in [0.3, 0.4) is 0 Å². The van der Waals surface area contributed by atoms with Crippen LogP contribution in [0.1, 0.15) is 29.4 Å². The van der Waals surface area contributed by atoms with Crippen molar-refractivity contribution in [3.05, 3.63) is 46.9 Å². The summed E-state index contributed by atoms with van der Waals surface area (Å²) in [6, 6.07) is 7.95. The molecule has 3 aromatic rings. The summed E-state index contributed by atoms with van der Waals surface area (Å²) in [5, 5.41) is 13.2. The maximum Gasteiger partial charge on any atom is 0.407 e. The largest absolute Gasteiger partial charge is 0.450 e. The van der Waals surface area contributed by atoms with Crippen molar-refractivity contribution < 1.29 is 9.53 Å². The van der Waals surface area contributed by atoms with Crippen molar-refractivity contribution in [3.8, 4) is 6.07 Å². The number of aromatic nitrogens is 3. The van der Waals surface area contributed by atoms with E-state index in [0.717, 1.165) is 29.4 Å². The summed E-state index contributed by atoms with van der Waals surface area (Å²) in [5.74, 6) is 0. The molecule has 2 aromatic heterocycles. The van der Waals surface area contributed by atoms with E-state index in [4.69, 9.17) is 4.74 Å². The van der Waals surface area contributed by atoms with E-state index in [9.17, 15) is 10.1 Å². The second-order valence-corrected chi connectivity index (χ2v) is 6.78. The fourth-order valence-corrected chi connectivity index (χ4v) is 4.02. The minimum absolute atomic E-state index is 0.00555. The van der Waals surface area contributed by atoms with Gasteiger partial charge in [-0.25, -0.2) is 4.79 Å². The van der Waals surface area contributed by atoms with Crippen molar-refractivity contribution in [1.82, 2.24) is 18.6 Å². The molecule has 8 heteroatoms. The normalized spacial score (nSPS) is 15.6. The van der Waals surface area contributed by atoms with Gasteiger partial charge in [0.05, 0.1) is 48.4 Å². The number of nitriles is 1. The number of hydrogen-bond acceptors (Lipinski definition) is 6. The Morgan fingerprint density at radius 1 is 1.50 bits per heavy atom. The number of benzene rings is 1. The molecule has 0 bridgehead atoms. The van der Waals surface area contributed by atoms with Gasteiger partial charge in [0.25, 0.3) is 0 Å². The van der Waals surface area contributed by atoms with Gasteiger partial charge >= 0.3 is 6.09 Å². The number of amides is 1. The number of nitrogens with one attached hydrogen (secondary N) is 1. The molecule has 1 amide bonds. The molecule has 0 aliphatic heterocycles. The summed E-state index contributed by atoms with van der Waals surface area (Å²) >= 11 is 1.19. The van der Waals surface area contributed by atoms with Crippen LogP contribution >= 0.6 is 11.7 Å². The fourth-order valence-electron chi connectivity index (χ4n) is 3.60. The maximum atomic E-state index is 11.8. The lowest BCUT2D eigenvalue weighted by Crippen LogP contribution is -2.36. The van der Waals surface area contributed by atoms with Gasteiger partial charge in [0.2, 0.25) is 0 Å². The Kier molecular flexibility index (Phi) is 4.31. The molecule has 4 rings (SSSR count). The van der Waals surface area contributed by atoms with E-state index in [0.29, 0.717) is 18.7 Å². The lowest BCUT2D eigenvalue weighted by Gasteiger charge is -2.14. The molecule has 132 valence electrons. The molecule has 1 aliphatic carbocycles. The Bertz CT molecular complexity index is 1000. The molecule has 7 nitrogen and oxygen atoms in total. The Hall–Kier alpha value is -2.92. The van der Waals surface area contributed by atoms with Crippen LogP contribution in [0.25, 0.3) is 10.9 Å². The summed E-state index contributed by atoms with van der Waals surface area (Å²) < 4.78 is 15.6. The van der Waals surface area contributed by atoms with Crippen LogP contribution in [0.15, 0.2) is 24.4 Å². The molecule has 1 aliphatic rings. The van der Waals surface area contributed by atoms with Gasteiger partial charge in [-0.1, -0.05) is 0 Å². The smallest absolute Gasteiger partial charge is 0.407 e. The summed E-state index contributed by atoms with van der Waals surface area (Å²) in [6.45, 7) is 2.76. The van der Waals surface area contributed by atoms with Crippen molar-refractivity contribution >= 4 is 28.7 Å². The van der Waals surface area contributed by atoms with Crippen molar-refractivity contribution in [2.75, 3.05) is 6.61 Å². The van der Waals surface area contributed by atoms with E-state index >= 15 is 0 Å². The predicted molar refractivity (Wildman–Crippen MR) is 97.0 cm³/mol. The third-order valence-electron chi connectivity index (χ3n) is 4.63. The molecule has 1 atom stereocenters. The average molecular weight is 367 g/mol. The highest BCUT2D eigenvalue weighted by Gasteiger charge is 2.30. The van der Waals surface area contributed by atoms with E-state index in [1.807, 2.05) is 18.2 Å². The van der Waals surface area contributed by atoms with Gasteiger partial charge in [0.15, 0.2) is 0 Å². The highest BCUT2D eigenvalue weighted by atomic mass is 32.1. The van der Waals surface area contributed by atoms with Gasteiger partial charge in [-0.2, -0.15) is 14.0 Å². The first kappa shape index (κ1) is 16.5. The van der Waals surface area contributed by atoms with Crippen molar-refractivity contribution in [3.63, 3.8) is 0 Å². The monoisotopic (exact) mass is 367 g/mol. The Labute approximate surface area is 154 Å². The number of ether oxygens (including phenoxy) is 1. The molecule has 1 aromatic carbocycles. The van der Waals surface area contributed by atoms with Crippen molar-refractivity contribution in [2.24, 2.45) is 0 Å². The first-order chi connectivity index (χ1) is 12.7. The van der Waals surface area contributed by atoms with Crippen LogP contribution in [-0.2, 0) is 24.1 Å². The Morgan fingerprint density at radius 3 is 3.12 bits per heavy atom. The summed E-state index contributed by atoms with van der Waals surface area (Å²) in [4.78, 5) is 11.8. The molecule has 0 saturated carbocycles. The topological polar surface area (TPSA) is 92.8 Å². The number of carbonyl (C=O) groups is 1. The maximum absolute atomic E-state index is 11.8. The Balaban J connectivity index is 1.72. The molecule has 0 radical (unpaired) electrons. The van der Waals surface area contributed by atoms with E-state index in [1.165, 1.54) is 23.0 Å². The van der Waals surface area contributed by atoms with Gasteiger partial charge < -0.3 is 14.6 Å². The summed E-state index contributed by atoms with van der Waals surface area (Å²) in [7, 11) is 0. The molecule has 2 heterocycles. The van der Waals surface area contributed by atoms with Crippen LogP contribution in [0, 0.1) is 11.3 Å². The molecule has 26 heavy (non-hydrogen) atoms. The van der Waals surface area contributed by atoms with E-state index in [1.54, 1.807) is 13.1 Å². The zero-order valence-corrected chi connectivity index (χ0v) is 15.0. The molecule has 0 unspecified atom stereocenters. The molecule has 0 saturated heterocycles. The van der Waals surface area contributed by atoms with Gasteiger partial charge in [-0.3, -0.25) is 0 Å². The van der Waals surface area contributed by atoms with E-state index < -0.39 is 0 Å². The number of alkyl carbamates (subject to hydrolysis) is 1. The highest BCUT2D eigenvalue weighted by Crippen LogP contribution is 2.34. The van der Waals surface area contributed by atoms with E-state index in [2.05, 4.69) is 24.7 Å². The average Bonchev–Trinajstić information content (AvgIpc) is 3.33. The SMILES string of the molecule is CCOC(=O)N[C@H]1Cc2c(n(Cc3cnsn3)c3ccc(C#N)cc23)C1. The first-order valence-corrected chi connectivity index (χ1v) is 9.16. The third kappa shape index (κ3) is 2.91. The summed E-state index contributed by atoms with van der Waals surface area (Å²) in [5.41, 5.74) is 4.97. The first-order valence-electron chi connectivity index (χ1n) is 8.43. The number of rotatable bonds is 4. The van der Waals surface area contributed by atoms with E-state index in [-0.39, 0.29) is 12.1 Å². The van der Waals surface area contributed by atoms with Crippen LogP contribution in [0.4, 0.5) is 4.79 Å². The van der Waals surface area contributed by atoms with Gasteiger partial charge in [0, 0.05) is 29.1 Å². The van der Waals surface area contributed by atoms with Gasteiger partial charge in [-0.15, -0.1) is 0 Å². The zero-order chi connectivity index (χ0) is 18.1. The third-order valence-corrected chi connectivity index (χ3v) is 5.15. The number of carbonyl (C=O) groups excluding carboxylic acids is 1. The van der Waals surface area contributed by atoms with Crippen molar-refractivity contribution in [1.29, 1.82) is 5.26 Å². The van der Waals surface area contributed by atoms with Crippen LogP contribution < -0.4 is 5.32 Å². The minimum Gasteiger partial charge on any atom is -0.450 e. The Morgan fingerprint density at radius 2 is 2.38 bits per heavy atom. The molecular weight excluding hydrogens is 350 g/mol. The molecule has 0 fully saturated rings. The zero-order valence-electron chi connectivity index (χ0n) is 14.2. The fraction of sp³-hybridized carbons (Fsp3) is 0.333. The lowest BCUT2D eigenvalue weighted by atomic mass is 10.1. The highest BCUT2D eigenvalue weighted by molar-refractivity contribution is 6.99. The minimum atomic E-state index is -0.389. The molecule has 1 N–H and O–H groups in total. The van der Waals surface area contributed by atoms with Crippen LogP contribution in [-0.4, -0.2) is 32.1 Å². The number of nitrogens with zero attached hydrogens (tertiary/aromatic N) is 4. The second-order valence-electron chi connectivity index (χ2n) is 6.22. The standard InChI is InChI=1S/C18H17N5O2S/c1-2-25-18(24)21-12-6-15-14-5-11(8-19)3-4-16(14)23(17(15)7-12)10-13-9-20-26-22-13/h3-5,9,12H,2,6-7,10H2,1H3,(H,21,24)/t12-/m0/s1. The van der Waals surface area contributed by atoms with Crippen LogP contribution in [0.2, 0.25) is 0 Å². The lowest BCUT2D eigenvalue weighted by molar-refractivity contribution is 0.148. The molecular formula is C18H17N5O2S. The van der Waals surface area contributed by atoms with Crippen molar-refractivity contribution in [2.45, 2.75) is 32.4 Å². The summed E-state index contributed by atoms with van der Waals surface area (Å²) in [6.07, 6.45) is 2.83. The quantitative estimate of drug-likeness (QED) is 0.765.